The van der Waals surface area contributed by atoms with Gasteiger partial charge in [-0.05, 0) is 174 Å². The van der Waals surface area contributed by atoms with Crippen molar-refractivity contribution in [2.75, 3.05) is 75.2 Å². The number of nitrogens with one attached hydrogen (secondary N) is 1. The third-order valence-corrected chi connectivity index (χ3v) is 19.4. The summed E-state index contributed by atoms with van der Waals surface area (Å²) in [6.45, 7) is 34.9. The van der Waals surface area contributed by atoms with Crippen molar-refractivity contribution in [2.45, 2.75) is 116 Å². The third-order valence-electron chi connectivity index (χ3n) is 18.2. The minimum atomic E-state index is -0.00982. The Morgan fingerprint density at radius 1 is 0.778 bits per heavy atom. The molecule has 5 fully saturated rings. The van der Waals surface area contributed by atoms with E-state index in [0.29, 0.717) is 0 Å². The normalized spacial score (nSPS) is 22.7. The highest BCUT2D eigenvalue weighted by molar-refractivity contribution is 14.2. The molecule has 4 aromatic rings. The standard InChI is InChI=1S/C60H78I2N10/c1-42-13-16-57(43(2)64-42)72-39-49-34-51(14-15-53(49)44(72)3)70-30-28-69(29-31-70)37-47-19-24-67(25-20-47)23-8-10-46-17-26-68(27-18-46)38-48-32-54-45(4)71(40-55(54)56(33-48)59(5,61)62)52-12-7-11-50(35-52)60(21-9-22-60)36-58-65-63-41-66(58)6/h7,11-12,14-15,32-35,41,46-47,57,64H,1-4,8-10,13,16-31,36-40H2,5-6H3/t57-/m0/s1. The topological polar surface area (TPSA) is 62.2 Å². The van der Waals surface area contributed by atoms with Gasteiger partial charge in [-0.15, -0.1) is 10.2 Å². The lowest BCUT2D eigenvalue weighted by molar-refractivity contribution is 0.132. The quantitative estimate of drug-likeness (QED) is 0.0926. The number of benzene rings is 3. The zero-order chi connectivity index (χ0) is 49.7. The van der Waals surface area contributed by atoms with E-state index in [1.54, 1.807) is 0 Å². The van der Waals surface area contributed by atoms with E-state index >= 15 is 0 Å². The highest BCUT2D eigenvalue weighted by Gasteiger charge is 2.41. The number of fused-ring (bicyclic) bond motifs is 2. The molecule has 0 spiro atoms. The van der Waals surface area contributed by atoms with Crippen LogP contribution in [0.4, 0.5) is 11.4 Å². The molecule has 6 aliphatic heterocycles. The second kappa shape index (κ2) is 21.1. The van der Waals surface area contributed by atoms with Crippen LogP contribution < -0.4 is 15.1 Å². The molecule has 1 aromatic heterocycles. The summed E-state index contributed by atoms with van der Waals surface area (Å²) < 4.78 is 2.07. The molecule has 1 saturated carbocycles. The molecule has 1 N–H and O–H groups in total. The van der Waals surface area contributed by atoms with Gasteiger partial charge in [0.1, 0.15) is 12.2 Å². The maximum absolute atomic E-state index is 4.77. The van der Waals surface area contributed by atoms with Gasteiger partial charge in [-0.25, -0.2) is 0 Å². The van der Waals surface area contributed by atoms with Gasteiger partial charge in [-0.2, -0.15) is 0 Å². The van der Waals surface area contributed by atoms with E-state index in [4.69, 9.17) is 6.58 Å². The number of halogens is 2. The lowest BCUT2D eigenvalue weighted by atomic mass is 9.62. The summed E-state index contributed by atoms with van der Waals surface area (Å²) in [6.07, 6.45) is 16.5. The lowest BCUT2D eigenvalue weighted by Crippen LogP contribution is -2.49. The van der Waals surface area contributed by atoms with Gasteiger partial charge >= 0.3 is 0 Å². The van der Waals surface area contributed by atoms with Crippen LogP contribution in [-0.4, -0.2) is 106 Å². The Bertz CT molecular complexity index is 2670. The second-order valence-corrected chi connectivity index (χ2v) is 29.3. The fourth-order valence-corrected chi connectivity index (χ4v) is 14.6. The fourth-order valence-electron chi connectivity index (χ4n) is 13.6. The van der Waals surface area contributed by atoms with Crippen LogP contribution in [0.25, 0.3) is 11.4 Å². The van der Waals surface area contributed by atoms with Crippen molar-refractivity contribution in [3.8, 4) is 0 Å². The number of piperazine rings is 1. The summed E-state index contributed by atoms with van der Waals surface area (Å²) in [7, 11) is 2.06. The zero-order valence-corrected chi connectivity index (χ0v) is 47.6. The number of anilines is 2. The number of aryl methyl sites for hydroxylation is 1. The summed E-state index contributed by atoms with van der Waals surface area (Å²) in [5.74, 6) is 2.76. The molecule has 7 heterocycles. The molecular formula is C60H78I2N10. The molecule has 3 aromatic carbocycles. The molecule has 4 saturated heterocycles. The van der Waals surface area contributed by atoms with Gasteiger partial charge in [0.2, 0.25) is 0 Å². The molecular weight excluding hydrogens is 1110 g/mol. The lowest BCUT2D eigenvalue weighted by Gasteiger charge is -2.42. The minimum Gasteiger partial charge on any atom is -0.369 e. The molecule has 1 atom stereocenters. The Balaban J connectivity index is 0.607. The van der Waals surface area contributed by atoms with Crippen LogP contribution in [0.1, 0.15) is 122 Å². The Kier molecular flexibility index (Phi) is 14.8. The largest absolute Gasteiger partial charge is 0.369 e. The SMILES string of the molecule is C=C1CC[C@H](N2Cc3cc(N4CCN(CC5CCN(CCCC6CCN(Cc7cc8c(c(C(C)(I)I)c7)CN(c7cccc(C9(Cc%10nncn%10C)CCC9)c7)C8=C)CC6)CC5)CC4)ccc3C2=C)C(=C)N1. The molecule has 0 unspecified atom stereocenters. The van der Waals surface area contributed by atoms with Crippen LogP contribution in [0.2, 0.25) is 0 Å². The summed E-state index contributed by atoms with van der Waals surface area (Å²) in [5.41, 5.74) is 16.9. The number of allylic oxidation sites excluding steroid dienone is 1. The first-order valence-electron chi connectivity index (χ1n) is 27.4. The first-order valence-corrected chi connectivity index (χ1v) is 29.5. The predicted molar refractivity (Wildman–Crippen MR) is 314 cm³/mol. The highest BCUT2D eigenvalue weighted by Crippen LogP contribution is 2.50. The maximum atomic E-state index is 4.77. The number of nitrogens with zero attached hydrogens (tertiary/aromatic N) is 9. The van der Waals surface area contributed by atoms with E-state index in [0.717, 1.165) is 106 Å². The van der Waals surface area contributed by atoms with Gasteiger partial charge < -0.3 is 29.5 Å². The van der Waals surface area contributed by atoms with Crippen LogP contribution in [0.5, 0.6) is 0 Å². The van der Waals surface area contributed by atoms with Gasteiger partial charge in [0.05, 0.1) is 7.47 Å². The predicted octanol–water partition coefficient (Wildman–Crippen LogP) is 11.6. The van der Waals surface area contributed by atoms with E-state index in [1.165, 1.54) is 147 Å². The zero-order valence-electron chi connectivity index (χ0n) is 43.3. The number of alkyl halides is 2. The molecule has 7 aliphatic rings. The highest BCUT2D eigenvalue weighted by atomic mass is 127. The van der Waals surface area contributed by atoms with E-state index in [1.807, 2.05) is 6.33 Å². The number of hydrogen-bond acceptors (Lipinski definition) is 9. The smallest absolute Gasteiger partial charge is 0.133 e. The second-order valence-electron chi connectivity index (χ2n) is 23.0. The average Bonchev–Trinajstić information content (AvgIpc) is 4.03. The molecule has 1 aliphatic carbocycles. The summed E-state index contributed by atoms with van der Waals surface area (Å²) in [5, 5.41) is 12.1. The number of piperidine rings is 3. The monoisotopic (exact) mass is 1190 g/mol. The summed E-state index contributed by atoms with van der Waals surface area (Å²) in [6, 6.07) is 21.7. The molecule has 11 rings (SSSR count). The molecule has 0 amide bonds. The van der Waals surface area contributed by atoms with Gasteiger partial charge in [0.15, 0.2) is 0 Å². The number of aromatic nitrogens is 3. The van der Waals surface area contributed by atoms with E-state index in [2.05, 4.69) is 183 Å². The summed E-state index contributed by atoms with van der Waals surface area (Å²) >= 11 is 5.29. The molecule has 12 heteroatoms. The molecule has 0 bridgehead atoms. The van der Waals surface area contributed by atoms with Crippen molar-refractivity contribution < 1.29 is 0 Å². The molecule has 72 heavy (non-hydrogen) atoms. The van der Waals surface area contributed by atoms with Crippen LogP contribution in [0.15, 0.2) is 98.6 Å². The fraction of sp³-hybridized carbons (Fsp3) is 0.533. The first-order chi connectivity index (χ1) is 34.8. The maximum Gasteiger partial charge on any atom is 0.133 e. The van der Waals surface area contributed by atoms with Gasteiger partial charge in [0, 0.05) is 117 Å². The van der Waals surface area contributed by atoms with E-state index in [9.17, 15) is 0 Å². The van der Waals surface area contributed by atoms with Crippen LogP contribution in [0, 0.1) is 11.8 Å². The Hall–Kier alpha value is -3.70. The van der Waals surface area contributed by atoms with Crippen molar-refractivity contribution in [3.63, 3.8) is 0 Å². The Labute approximate surface area is 458 Å². The minimum absolute atomic E-state index is 0.00982. The Morgan fingerprint density at radius 2 is 1.54 bits per heavy atom. The van der Waals surface area contributed by atoms with Gasteiger partial charge in [-0.1, -0.05) is 102 Å². The number of rotatable bonds is 15. The van der Waals surface area contributed by atoms with Crippen molar-refractivity contribution in [3.05, 3.63) is 143 Å². The van der Waals surface area contributed by atoms with E-state index in [-0.39, 0.29) is 12.9 Å². The van der Waals surface area contributed by atoms with Gasteiger partial charge in [-0.3, -0.25) is 9.80 Å². The van der Waals surface area contributed by atoms with Gasteiger partial charge in [0.25, 0.3) is 0 Å². The van der Waals surface area contributed by atoms with Crippen molar-refractivity contribution in [2.24, 2.45) is 18.9 Å². The van der Waals surface area contributed by atoms with Crippen molar-refractivity contribution in [1.82, 2.24) is 39.7 Å². The average molecular weight is 1190 g/mol. The molecule has 382 valence electrons. The number of hydrogen-bond donors (Lipinski definition) is 1. The summed E-state index contributed by atoms with van der Waals surface area (Å²) in [4.78, 5) is 15.8. The molecule has 0 radical (unpaired) electrons. The van der Waals surface area contributed by atoms with Crippen LogP contribution >= 0.6 is 45.2 Å². The van der Waals surface area contributed by atoms with Crippen molar-refractivity contribution >= 4 is 68.0 Å². The third kappa shape index (κ3) is 10.6. The first kappa shape index (κ1) is 50.5. The van der Waals surface area contributed by atoms with E-state index < -0.39 is 0 Å². The molecule has 10 nitrogen and oxygen atoms in total. The van der Waals surface area contributed by atoms with Crippen LogP contribution in [0.3, 0.4) is 0 Å². The number of likely N-dealkylation sites (tertiary alicyclic amines) is 2. The Morgan fingerprint density at radius 3 is 2.25 bits per heavy atom. The van der Waals surface area contributed by atoms with Crippen molar-refractivity contribution in [1.29, 1.82) is 0 Å². The van der Waals surface area contributed by atoms with Crippen LogP contribution in [-0.2, 0) is 39.9 Å².